The minimum Gasteiger partial charge on any atom is -0.329 e. The lowest BCUT2D eigenvalue weighted by molar-refractivity contribution is 0.00835. The molecular formula is C18H36N2. The first-order valence-corrected chi connectivity index (χ1v) is 9.00. The highest BCUT2D eigenvalue weighted by Gasteiger charge is 2.41. The predicted molar refractivity (Wildman–Crippen MR) is 87.8 cm³/mol. The van der Waals surface area contributed by atoms with Gasteiger partial charge in [-0.15, -0.1) is 0 Å². The van der Waals surface area contributed by atoms with Gasteiger partial charge in [-0.25, -0.2) is 0 Å². The van der Waals surface area contributed by atoms with Crippen molar-refractivity contribution in [3.8, 4) is 0 Å². The van der Waals surface area contributed by atoms with E-state index in [-0.39, 0.29) is 0 Å². The zero-order valence-electron chi connectivity index (χ0n) is 14.0. The lowest BCUT2D eigenvalue weighted by Crippen LogP contribution is -2.58. The molecule has 2 fully saturated rings. The molecule has 0 aliphatic heterocycles. The Morgan fingerprint density at radius 1 is 1.10 bits per heavy atom. The maximum Gasteiger partial charge on any atom is 0.0334 e. The van der Waals surface area contributed by atoms with Crippen LogP contribution in [0, 0.1) is 11.8 Å². The van der Waals surface area contributed by atoms with Crippen molar-refractivity contribution in [2.75, 3.05) is 13.6 Å². The third-order valence-corrected chi connectivity index (χ3v) is 5.98. The summed E-state index contributed by atoms with van der Waals surface area (Å²) < 4.78 is 0. The number of hydrogen-bond acceptors (Lipinski definition) is 2. The number of rotatable bonds is 5. The van der Waals surface area contributed by atoms with Crippen molar-refractivity contribution in [2.24, 2.45) is 17.6 Å². The molecule has 0 spiro atoms. The Labute approximate surface area is 126 Å². The van der Waals surface area contributed by atoms with Gasteiger partial charge in [0.1, 0.15) is 0 Å². The Kier molecular flexibility index (Phi) is 5.92. The first-order chi connectivity index (χ1) is 9.57. The molecule has 2 saturated carbocycles. The average Bonchev–Trinajstić information content (AvgIpc) is 2.47. The van der Waals surface area contributed by atoms with Crippen LogP contribution in [0.25, 0.3) is 0 Å². The third kappa shape index (κ3) is 3.76. The summed E-state index contributed by atoms with van der Waals surface area (Å²) >= 11 is 0. The number of nitrogens with zero attached hydrogens (tertiary/aromatic N) is 1. The van der Waals surface area contributed by atoms with E-state index in [2.05, 4.69) is 25.8 Å². The highest BCUT2D eigenvalue weighted by Crippen LogP contribution is 2.40. The van der Waals surface area contributed by atoms with Crippen LogP contribution in [0.4, 0.5) is 0 Å². The van der Waals surface area contributed by atoms with Crippen molar-refractivity contribution >= 4 is 0 Å². The molecular weight excluding hydrogens is 244 g/mol. The smallest absolute Gasteiger partial charge is 0.0334 e. The highest BCUT2D eigenvalue weighted by molar-refractivity contribution is 4.98. The molecule has 0 bridgehead atoms. The molecule has 2 rings (SSSR count). The van der Waals surface area contributed by atoms with Crippen molar-refractivity contribution in [3.05, 3.63) is 0 Å². The maximum absolute atomic E-state index is 6.30. The molecule has 2 unspecified atom stereocenters. The van der Waals surface area contributed by atoms with Crippen molar-refractivity contribution < 1.29 is 0 Å². The van der Waals surface area contributed by atoms with Crippen LogP contribution in [0.5, 0.6) is 0 Å². The molecule has 0 saturated heterocycles. The second kappa shape index (κ2) is 7.26. The molecule has 0 aromatic heterocycles. The minimum absolute atomic E-state index is 0.305. The molecule has 2 aliphatic carbocycles. The molecule has 0 amide bonds. The van der Waals surface area contributed by atoms with E-state index < -0.39 is 0 Å². The fourth-order valence-corrected chi connectivity index (χ4v) is 4.83. The average molecular weight is 280 g/mol. The van der Waals surface area contributed by atoms with Gasteiger partial charge in [0, 0.05) is 18.1 Å². The van der Waals surface area contributed by atoms with Crippen LogP contribution < -0.4 is 5.73 Å². The predicted octanol–water partition coefficient (Wildman–Crippen LogP) is 4.18. The third-order valence-electron chi connectivity index (χ3n) is 5.98. The summed E-state index contributed by atoms with van der Waals surface area (Å²) in [6, 6.07) is 0.796. The SMILES string of the molecule is CC(C)CC1CCCC(CN)(N(C)C2CCCCC2)C1. The van der Waals surface area contributed by atoms with Crippen LogP contribution >= 0.6 is 0 Å². The quantitative estimate of drug-likeness (QED) is 0.818. The number of nitrogens with two attached hydrogens (primary N) is 1. The fraction of sp³-hybridized carbons (Fsp3) is 1.00. The molecule has 118 valence electrons. The molecule has 0 radical (unpaired) electrons. The van der Waals surface area contributed by atoms with Crippen molar-refractivity contribution in [1.29, 1.82) is 0 Å². The normalized spacial score (nSPS) is 33.0. The molecule has 0 aromatic rings. The molecule has 20 heavy (non-hydrogen) atoms. The van der Waals surface area contributed by atoms with E-state index in [9.17, 15) is 0 Å². The number of likely N-dealkylation sites (N-methyl/N-ethyl adjacent to an activating group) is 1. The van der Waals surface area contributed by atoms with Gasteiger partial charge in [-0.05, 0) is 51.0 Å². The van der Waals surface area contributed by atoms with Crippen molar-refractivity contribution in [3.63, 3.8) is 0 Å². The Balaban J connectivity index is 2.02. The summed E-state index contributed by atoms with van der Waals surface area (Å²) in [7, 11) is 2.38. The van der Waals surface area contributed by atoms with Crippen LogP contribution in [0.15, 0.2) is 0 Å². The van der Waals surface area contributed by atoms with Gasteiger partial charge in [-0.2, -0.15) is 0 Å². The summed E-state index contributed by atoms with van der Waals surface area (Å²) in [5.41, 5.74) is 6.60. The number of hydrogen-bond donors (Lipinski definition) is 1. The first-order valence-electron chi connectivity index (χ1n) is 9.00. The van der Waals surface area contributed by atoms with Gasteiger partial charge in [-0.1, -0.05) is 46.0 Å². The van der Waals surface area contributed by atoms with Gasteiger partial charge in [-0.3, -0.25) is 4.90 Å². The molecule has 2 atom stereocenters. The van der Waals surface area contributed by atoms with E-state index in [0.717, 1.165) is 24.4 Å². The van der Waals surface area contributed by atoms with Gasteiger partial charge >= 0.3 is 0 Å². The van der Waals surface area contributed by atoms with Gasteiger partial charge in [0.25, 0.3) is 0 Å². The van der Waals surface area contributed by atoms with Crippen molar-refractivity contribution in [1.82, 2.24) is 4.90 Å². The van der Waals surface area contributed by atoms with Crippen LogP contribution in [-0.4, -0.2) is 30.1 Å². The monoisotopic (exact) mass is 280 g/mol. The second-order valence-corrected chi connectivity index (χ2v) is 7.92. The zero-order chi connectivity index (χ0) is 14.6. The Hall–Kier alpha value is -0.0800. The maximum atomic E-state index is 6.30. The molecule has 2 heteroatoms. The summed E-state index contributed by atoms with van der Waals surface area (Å²) in [6.45, 7) is 5.59. The Bertz CT molecular complexity index is 283. The Morgan fingerprint density at radius 3 is 2.40 bits per heavy atom. The topological polar surface area (TPSA) is 29.3 Å². The minimum atomic E-state index is 0.305. The highest BCUT2D eigenvalue weighted by atomic mass is 15.2. The summed E-state index contributed by atoms with van der Waals surface area (Å²) in [5, 5.41) is 0. The molecule has 2 N–H and O–H groups in total. The van der Waals surface area contributed by atoms with Gasteiger partial charge in [0.2, 0.25) is 0 Å². The summed E-state index contributed by atoms with van der Waals surface area (Å²) in [5.74, 6) is 1.73. The van der Waals surface area contributed by atoms with E-state index in [4.69, 9.17) is 5.73 Å². The lowest BCUT2D eigenvalue weighted by atomic mass is 9.71. The van der Waals surface area contributed by atoms with Gasteiger partial charge < -0.3 is 5.73 Å². The van der Waals surface area contributed by atoms with E-state index in [1.807, 2.05) is 0 Å². The van der Waals surface area contributed by atoms with Crippen LogP contribution in [0.3, 0.4) is 0 Å². The van der Waals surface area contributed by atoms with Crippen LogP contribution in [-0.2, 0) is 0 Å². The van der Waals surface area contributed by atoms with E-state index >= 15 is 0 Å². The van der Waals surface area contributed by atoms with Gasteiger partial charge in [0.15, 0.2) is 0 Å². The van der Waals surface area contributed by atoms with E-state index in [1.54, 1.807) is 0 Å². The van der Waals surface area contributed by atoms with Crippen LogP contribution in [0.1, 0.15) is 78.1 Å². The largest absolute Gasteiger partial charge is 0.329 e. The molecule has 2 nitrogen and oxygen atoms in total. The lowest BCUT2D eigenvalue weighted by Gasteiger charge is -2.51. The standard InChI is InChI=1S/C18H36N2/c1-15(2)12-16-8-7-11-18(13-16,14-19)20(3)17-9-5-4-6-10-17/h15-17H,4-14,19H2,1-3H3. The fourth-order valence-electron chi connectivity index (χ4n) is 4.83. The summed E-state index contributed by atoms with van der Waals surface area (Å²) in [6.07, 6.45) is 13.9. The van der Waals surface area contributed by atoms with Gasteiger partial charge in [0.05, 0.1) is 0 Å². The molecule has 2 aliphatic rings. The Morgan fingerprint density at radius 2 is 1.80 bits per heavy atom. The second-order valence-electron chi connectivity index (χ2n) is 7.92. The van der Waals surface area contributed by atoms with Crippen molar-refractivity contribution in [2.45, 2.75) is 89.6 Å². The van der Waals surface area contributed by atoms with E-state index in [0.29, 0.717) is 5.54 Å². The molecule has 0 aromatic carbocycles. The van der Waals surface area contributed by atoms with E-state index in [1.165, 1.54) is 64.2 Å². The summed E-state index contributed by atoms with van der Waals surface area (Å²) in [4.78, 5) is 2.72. The zero-order valence-corrected chi connectivity index (χ0v) is 14.0. The molecule has 0 heterocycles. The van der Waals surface area contributed by atoms with Crippen LogP contribution in [0.2, 0.25) is 0 Å². The first kappa shape index (κ1) is 16.3.